The molecule has 0 spiro atoms. The molecule has 0 unspecified atom stereocenters. The van der Waals surface area contributed by atoms with Gasteiger partial charge in [0.2, 0.25) is 11.0 Å². The van der Waals surface area contributed by atoms with Gasteiger partial charge in [0.1, 0.15) is 22.6 Å². The normalized spacial score (nSPS) is 15.9. The Kier molecular flexibility index (Phi) is 5.33. The first-order valence-corrected chi connectivity index (χ1v) is 9.18. The first-order chi connectivity index (χ1) is 12.1. The third kappa shape index (κ3) is 4.17. The summed E-state index contributed by atoms with van der Waals surface area (Å²) < 4.78 is 11.5. The van der Waals surface area contributed by atoms with Gasteiger partial charge in [0.05, 0.1) is 6.61 Å². The lowest BCUT2D eigenvalue weighted by Crippen LogP contribution is -2.07. The largest absolute Gasteiger partial charge is 0.493 e. The van der Waals surface area contributed by atoms with Gasteiger partial charge in [-0.2, -0.15) is 0 Å². The number of carbonyl (C=O) groups excluding carboxylic acids is 1. The summed E-state index contributed by atoms with van der Waals surface area (Å²) in [6.45, 7) is 6.54. The van der Waals surface area contributed by atoms with E-state index in [1.165, 1.54) is 17.4 Å². The molecule has 0 saturated carbocycles. The fraction of sp³-hybridized carbons (Fsp3) is 0.389. The predicted molar refractivity (Wildman–Crippen MR) is 98.4 cm³/mol. The van der Waals surface area contributed by atoms with Crippen LogP contribution in [0.25, 0.3) is 6.08 Å². The molecule has 1 atom stereocenters. The number of anilines is 1. The molecule has 0 aliphatic carbocycles. The average Bonchev–Trinajstić information content (AvgIpc) is 3.17. The van der Waals surface area contributed by atoms with Gasteiger partial charge in [-0.25, -0.2) is 0 Å². The summed E-state index contributed by atoms with van der Waals surface area (Å²) in [5.74, 6) is 1.36. The number of benzene rings is 1. The summed E-state index contributed by atoms with van der Waals surface area (Å²) in [6.07, 6.45) is 5.03. The van der Waals surface area contributed by atoms with Gasteiger partial charge < -0.3 is 9.47 Å². The van der Waals surface area contributed by atoms with Crippen molar-refractivity contribution < 1.29 is 14.3 Å². The van der Waals surface area contributed by atoms with E-state index in [2.05, 4.69) is 15.5 Å². The molecule has 2 heterocycles. The van der Waals surface area contributed by atoms with E-state index in [0.29, 0.717) is 11.7 Å². The molecular formula is C18H21N3O3S. The molecule has 0 bridgehead atoms. The van der Waals surface area contributed by atoms with Crippen LogP contribution in [0.2, 0.25) is 0 Å². The molecule has 1 N–H and O–H groups in total. The van der Waals surface area contributed by atoms with Crippen molar-refractivity contribution in [2.75, 3.05) is 11.9 Å². The quantitative estimate of drug-likeness (QED) is 0.800. The number of hydrogen-bond acceptors (Lipinski definition) is 6. The second kappa shape index (κ2) is 7.65. The summed E-state index contributed by atoms with van der Waals surface area (Å²) in [4.78, 5) is 12.1. The molecule has 6 nitrogen and oxygen atoms in total. The van der Waals surface area contributed by atoms with E-state index < -0.39 is 0 Å². The zero-order chi connectivity index (χ0) is 17.8. The first kappa shape index (κ1) is 17.4. The summed E-state index contributed by atoms with van der Waals surface area (Å²) in [6, 6.07) is 3.92. The van der Waals surface area contributed by atoms with Crippen LogP contribution in [0.3, 0.4) is 0 Å². The van der Waals surface area contributed by atoms with Gasteiger partial charge >= 0.3 is 0 Å². The van der Waals surface area contributed by atoms with Crippen molar-refractivity contribution in [3.05, 3.63) is 34.3 Å². The van der Waals surface area contributed by atoms with E-state index in [4.69, 9.17) is 9.47 Å². The number of carbonyl (C=O) groups is 1. The lowest BCUT2D eigenvalue weighted by atomic mass is 10.1. The lowest BCUT2D eigenvalue weighted by Gasteiger charge is -2.10. The summed E-state index contributed by atoms with van der Waals surface area (Å²) in [5.41, 5.74) is 1.95. The van der Waals surface area contributed by atoms with Crippen molar-refractivity contribution in [2.45, 2.75) is 39.7 Å². The average molecular weight is 359 g/mol. The Labute approximate surface area is 150 Å². The molecule has 0 radical (unpaired) electrons. The topological polar surface area (TPSA) is 73.3 Å². The highest BCUT2D eigenvalue weighted by Crippen LogP contribution is 2.35. The number of nitrogens with zero attached hydrogens (tertiary/aromatic N) is 2. The third-order valence-electron chi connectivity index (χ3n) is 3.74. The van der Waals surface area contributed by atoms with Crippen molar-refractivity contribution in [2.24, 2.45) is 0 Å². The number of hydrogen-bond donors (Lipinski definition) is 1. The van der Waals surface area contributed by atoms with Crippen LogP contribution in [0.1, 0.15) is 36.9 Å². The van der Waals surface area contributed by atoms with Crippen LogP contribution >= 0.6 is 11.3 Å². The third-order valence-corrected chi connectivity index (χ3v) is 4.72. The zero-order valence-corrected chi connectivity index (χ0v) is 15.4. The van der Waals surface area contributed by atoms with Crippen molar-refractivity contribution in [1.82, 2.24) is 10.2 Å². The molecule has 2 aromatic rings. The highest BCUT2D eigenvalue weighted by molar-refractivity contribution is 7.15. The maximum atomic E-state index is 12.1. The highest BCUT2D eigenvalue weighted by Gasteiger charge is 2.21. The fourth-order valence-corrected chi connectivity index (χ4v) is 3.31. The Morgan fingerprint density at radius 1 is 1.44 bits per heavy atom. The maximum absolute atomic E-state index is 12.1. The van der Waals surface area contributed by atoms with Crippen LogP contribution in [0, 0.1) is 0 Å². The fourth-order valence-electron chi connectivity index (χ4n) is 2.63. The monoisotopic (exact) mass is 359 g/mol. The molecule has 25 heavy (non-hydrogen) atoms. The SMILES string of the molecule is CCOc1cc2c(cc1/C=C/C(=O)Nc1nnc(CC)s1)O[C@H](C)C2. The van der Waals surface area contributed by atoms with Crippen LogP contribution in [-0.4, -0.2) is 28.8 Å². The van der Waals surface area contributed by atoms with Gasteiger partial charge in [-0.1, -0.05) is 18.3 Å². The molecule has 1 aliphatic rings. The van der Waals surface area contributed by atoms with E-state index in [-0.39, 0.29) is 12.0 Å². The van der Waals surface area contributed by atoms with Gasteiger partial charge in [-0.15, -0.1) is 10.2 Å². The minimum Gasteiger partial charge on any atom is -0.493 e. The number of fused-ring (bicyclic) bond motifs is 1. The number of nitrogens with one attached hydrogen (secondary N) is 1. The molecule has 7 heteroatoms. The predicted octanol–water partition coefficient (Wildman–Crippen LogP) is 3.47. The van der Waals surface area contributed by atoms with Crippen LogP contribution in [-0.2, 0) is 17.6 Å². The van der Waals surface area contributed by atoms with E-state index in [0.717, 1.165) is 40.5 Å². The minimum absolute atomic E-state index is 0.164. The molecule has 3 rings (SSSR count). The highest BCUT2D eigenvalue weighted by atomic mass is 32.1. The van der Waals surface area contributed by atoms with Crippen molar-refractivity contribution in [3.63, 3.8) is 0 Å². The Morgan fingerprint density at radius 3 is 3.00 bits per heavy atom. The molecule has 0 saturated heterocycles. The van der Waals surface area contributed by atoms with Crippen molar-refractivity contribution >= 4 is 28.5 Å². The van der Waals surface area contributed by atoms with Gasteiger partial charge in [0.15, 0.2) is 0 Å². The maximum Gasteiger partial charge on any atom is 0.250 e. The van der Waals surface area contributed by atoms with Gasteiger partial charge in [-0.3, -0.25) is 10.1 Å². The standard InChI is InChI=1S/C18H21N3O3S/c1-4-17-20-21-18(25-17)19-16(22)7-6-12-9-15-13(8-11(3)24-15)10-14(12)23-5-2/h6-7,9-11H,4-5,8H2,1-3H3,(H,19,21,22)/b7-6+/t11-/m1/s1. The van der Waals surface area contributed by atoms with Crippen LogP contribution in [0.5, 0.6) is 11.5 Å². The summed E-state index contributed by atoms with van der Waals surface area (Å²) >= 11 is 1.38. The number of aromatic nitrogens is 2. The lowest BCUT2D eigenvalue weighted by molar-refractivity contribution is -0.111. The zero-order valence-electron chi connectivity index (χ0n) is 14.5. The number of rotatable bonds is 6. The van der Waals surface area contributed by atoms with Gasteiger partial charge in [-0.05, 0) is 38.5 Å². The number of ether oxygens (including phenoxy) is 2. The molecule has 132 valence electrons. The van der Waals surface area contributed by atoms with Crippen molar-refractivity contribution in [3.8, 4) is 11.5 Å². The molecule has 1 amide bonds. The Hall–Kier alpha value is -2.41. The van der Waals surface area contributed by atoms with E-state index >= 15 is 0 Å². The first-order valence-electron chi connectivity index (χ1n) is 8.36. The smallest absolute Gasteiger partial charge is 0.250 e. The summed E-state index contributed by atoms with van der Waals surface area (Å²) in [5, 5.41) is 12.0. The number of aryl methyl sites for hydroxylation is 1. The molecule has 1 aliphatic heterocycles. The second-order valence-corrected chi connectivity index (χ2v) is 6.80. The Morgan fingerprint density at radius 2 is 2.28 bits per heavy atom. The van der Waals surface area contributed by atoms with Crippen LogP contribution in [0.4, 0.5) is 5.13 Å². The van der Waals surface area contributed by atoms with Crippen LogP contribution < -0.4 is 14.8 Å². The van der Waals surface area contributed by atoms with E-state index in [1.807, 2.05) is 32.9 Å². The van der Waals surface area contributed by atoms with Crippen LogP contribution in [0.15, 0.2) is 18.2 Å². The molecule has 1 aromatic carbocycles. The van der Waals surface area contributed by atoms with E-state index in [9.17, 15) is 4.79 Å². The Balaban J connectivity index is 1.75. The second-order valence-electron chi connectivity index (χ2n) is 5.74. The Bertz CT molecular complexity index is 801. The van der Waals surface area contributed by atoms with Gasteiger partial charge in [0.25, 0.3) is 0 Å². The van der Waals surface area contributed by atoms with Gasteiger partial charge in [0, 0.05) is 23.6 Å². The van der Waals surface area contributed by atoms with Crippen molar-refractivity contribution in [1.29, 1.82) is 0 Å². The summed E-state index contributed by atoms with van der Waals surface area (Å²) in [7, 11) is 0. The molecular weight excluding hydrogens is 338 g/mol. The number of amides is 1. The minimum atomic E-state index is -0.254. The molecule has 1 aromatic heterocycles. The molecule has 0 fully saturated rings. The van der Waals surface area contributed by atoms with E-state index in [1.54, 1.807) is 6.08 Å².